The molecule has 0 bridgehead atoms. The third-order valence-corrected chi connectivity index (χ3v) is 2.99. The Kier molecular flexibility index (Phi) is 1.92. The summed E-state index contributed by atoms with van der Waals surface area (Å²) < 4.78 is 14.4. The molecule has 0 radical (unpaired) electrons. The quantitative estimate of drug-likeness (QED) is 0.784. The van der Waals surface area contributed by atoms with E-state index in [9.17, 15) is 9.18 Å². The Labute approximate surface area is 90.7 Å². The van der Waals surface area contributed by atoms with E-state index in [1.54, 1.807) is 16.7 Å². The summed E-state index contributed by atoms with van der Waals surface area (Å²) in [4.78, 5) is 11.5. The molecule has 0 saturated carbocycles. The molecule has 2 heterocycles. The zero-order chi connectivity index (χ0) is 11.1. The fraction of sp³-hybridized carbons (Fsp3) is 0.273. The van der Waals surface area contributed by atoms with Gasteiger partial charge >= 0.3 is 5.69 Å². The first-order valence-electron chi connectivity index (χ1n) is 5.17. The van der Waals surface area contributed by atoms with Gasteiger partial charge in [0.1, 0.15) is 11.6 Å². The highest BCUT2D eigenvalue weighted by Gasteiger charge is 2.26. The molecule has 0 spiro atoms. The molecule has 0 amide bonds. The van der Waals surface area contributed by atoms with Crippen molar-refractivity contribution in [2.24, 2.45) is 0 Å². The predicted molar refractivity (Wildman–Crippen MR) is 55.7 cm³/mol. The molecular formula is C11H10FN3O. The predicted octanol–water partition coefficient (Wildman–Crippen LogP) is 1.25. The number of nitrogens with zero attached hydrogens (tertiary/aromatic N) is 2. The Morgan fingerprint density at radius 3 is 2.88 bits per heavy atom. The van der Waals surface area contributed by atoms with Crippen LogP contribution in [0.25, 0.3) is 0 Å². The van der Waals surface area contributed by atoms with Gasteiger partial charge in [-0.25, -0.2) is 14.3 Å². The third kappa shape index (κ3) is 1.28. The van der Waals surface area contributed by atoms with Crippen molar-refractivity contribution in [2.45, 2.75) is 18.9 Å². The van der Waals surface area contributed by atoms with Crippen LogP contribution in [0.4, 0.5) is 4.39 Å². The molecule has 4 nitrogen and oxygen atoms in total. The van der Waals surface area contributed by atoms with Crippen molar-refractivity contribution >= 4 is 0 Å². The van der Waals surface area contributed by atoms with Crippen molar-refractivity contribution < 1.29 is 4.39 Å². The molecular weight excluding hydrogens is 209 g/mol. The molecule has 1 aliphatic rings. The van der Waals surface area contributed by atoms with Gasteiger partial charge in [-0.1, -0.05) is 12.1 Å². The maximum absolute atomic E-state index is 12.8. The Bertz CT molecular complexity index is 570. The average molecular weight is 219 g/mol. The fourth-order valence-electron chi connectivity index (χ4n) is 2.23. The van der Waals surface area contributed by atoms with Crippen molar-refractivity contribution in [1.82, 2.24) is 14.8 Å². The second-order valence-electron chi connectivity index (χ2n) is 3.92. The first kappa shape index (κ1) is 9.33. The van der Waals surface area contributed by atoms with E-state index in [4.69, 9.17) is 0 Å². The summed E-state index contributed by atoms with van der Waals surface area (Å²) in [6.45, 7) is 0. The van der Waals surface area contributed by atoms with Crippen LogP contribution in [0.15, 0.2) is 29.1 Å². The number of aromatic amines is 1. The lowest BCUT2D eigenvalue weighted by atomic mass is 10.1. The number of halogens is 1. The minimum Gasteiger partial charge on any atom is -0.271 e. The minimum atomic E-state index is -0.262. The molecule has 1 aliphatic heterocycles. The van der Waals surface area contributed by atoms with Gasteiger partial charge in [0, 0.05) is 6.42 Å². The number of hydrogen-bond donors (Lipinski definition) is 1. The molecule has 3 rings (SSSR count). The molecule has 0 aliphatic carbocycles. The Morgan fingerprint density at radius 2 is 2.12 bits per heavy atom. The van der Waals surface area contributed by atoms with Gasteiger partial charge in [0.2, 0.25) is 0 Å². The van der Waals surface area contributed by atoms with Gasteiger partial charge < -0.3 is 0 Å². The molecule has 1 N–H and O–H groups in total. The molecule has 1 aromatic heterocycles. The van der Waals surface area contributed by atoms with E-state index < -0.39 is 0 Å². The molecule has 0 saturated heterocycles. The van der Waals surface area contributed by atoms with Gasteiger partial charge in [-0.05, 0) is 24.1 Å². The standard InChI is InChI=1S/C11H10FN3O/c12-8-3-1-7(2-4-8)9-5-6-10-13-14-11(16)15(9)10/h1-4,9H,5-6H2,(H,14,16). The Morgan fingerprint density at radius 1 is 1.38 bits per heavy atom. The zero-order valence-electron chi connectivity index (χ0n) is 8.48. The van der Waals surface area contributed by atoms with Crippen LogP contribution < -0.4 is 5.69 Å². The van der Waals surface area contributed by atoms with Crippen LogP contribution in [-0.4, -0.2) is 14.8 Å². The number of rotatable bonds is 1. The summed E-state index contributed by atoms with van der Waals surface area (Å²) in [7, 11) is 0. The topological polar surface area (TPSA) is 50.7 Å². The van der Waals surface area contributed by atoms with E-state index in [2.05, 4.69) is 10.2 Å². The Balaban J connectivity index is 2.07. The van der Waals surface area contributed by atoms with Crippen LogP contribution in [0.2, 0.25) is 0 Å². The highest BCUT2D eigenvalue weighted by Crippen LogP contribution is 2.28. The number of hydrogen-bond acceptors (Lipinski definition) is 2. The van der Waals surface area contributed by atoms with Crippen LogP contribution in [0.3, 0.4) is 0 Å². The summed E-state index contributed by atoms with van der Waals surface area (Å²) in [5.74, 6) is 0.515. The first-order valence-corrected chi connectivity index (χ1v) is 5.17. The van der Waals surface area contributed by atoms with Gasteiger partial charge in [0.05, 0.1) is 6.04 Å². The van der Waals surface area contributed by atoms with Gasteiger partial charge in [-0.15, -0.1) is 0 Å². The third-order valence-electron chi connectivity index (χ3n) is 2.99. The van der Waals surface area contributed by atoms with E-state index in [0.717, 1.165) is 24.2 Å². The number of aryl methyl sites for hydroxylation is 1. The first-order chi connectivity index (χ1) is 7.75. The SMILES string of the molecule is O=c1[nH]nc2n1C(c1ccc(F)cc1)CC2. The average Bonchev–Trinajstić information content (AvgIpc) is 2.84. The normalized spacial score (nSPS) is 18.7. The largest absolute Gasteiger partial charge is 0.343 e. The summed E-state index contributed by atoms with van der Waals surface area (Å²) >= 11 is 0. The molecule has 1 unspecified atom stereocenters. The highest BCUT2D eigenvalue weighted by molar-refractivity contribution is 5.23. The van der Waals surface area contributed by atoms with E-state index in [-0.39, 0.29) is 17.5 Å². The van der Waals surface area contributed by atoms with Crippen LogP contribution in [-0.2, 0) is 6.42 Å². The van der Waals surface area contributed by atoms with Crippen molar-refractivity contribution in [3.05, 3.63) is 52.0 Å². The summed E-state index contributed by atoms with van der Waals surface area (Å²) in [6.07, 6.45) is 1.62. The molecule has 1 aromatic carbocycles. The number of benzene rings is 1. The second kappa shape index (κ2) is 3.30. The Hall–Kier alpha value is -1.91. The van der Waals surface area contributed by atoms with E-state index in [1.807, 2.05) is 0 Å². The van der Waals surface area contributed by atoms with Crippen LogP contribution in [0, 0.1) is 5.82 Å². The maximum atomic E-state index is 12.8. The maximum Gasteiger partial charge on any atom is 0.343 e. The number of nitrogens with one attached hydrogen (secondary N) is 1. The van der Waals surface area contributed by atoms with E-state index in [0.29, 0.717) is 0 Å². The lowest BCUT2D eigenvalue weighted by Crippen LogP contribution is -2.20. The van der Waals surface area contributed by atoms with Crippen LogP contribution in [0.5, 0.6) is 0 Å². The summed E-state index contributed by atoms with van der Waals surface area (Å²) in [5, 5.41) is 6.37. The molecule has 0 fully saturated rings. The molecule has 5 heteroatoms. The van der Waals surface area contributed by atoms with Crippen molar-refractivity contribution in [3.8, 4) is 0 Å². The number of aromatic nitrogens is 3. The number of H-pyrrole nitrogens is 1. The van der Waals surface area contributed by atoms with Crippen LogP contribution in [0.1, 0.15) is 23.9 Å². The second-order valence-corrected chi connectivity index (χ2v) is 3.92. The molecule has 82 valence electrons. The number of fused-ring (bicyclic) bond motifs is 1. The van der Waals surface area contributed by atoms with Crippen molar-refractivity contribution in [2.75, 3.05) is 0 Å². The van der Waals surface area contributed by atoms with Crippen LogP contribution >= 0.6 is 0 Å². The van der Waals surface area contributed by atoms with E-state index in [1.165, 1.54) is 12.1 Å². The molecule has 16 heavy (non-hydrogen) atoms. The monoisotopic (exact) mass is 219 g/mol. The van der Waals surface area contributed by atoms with Gasteiger partial charge in [-0.3, -0.25) is 4.57 Å². The highest BCUT2D eigenvalue weighted by atomic mass is 19.1. The van der Waals surface area contributed by atoms with Crippen molar-refractivity contribution in [1.29, 1.82) is 0 Å². The molecule has 1 atom stereocenters. The van der Waals surface area contributed by atoms with Gasteiger partial charge in [-0.2, -0.15) is 5.10 Å². The van der Waals surface area contributed by atoms with Gasteiger partial charge in [0.25, 0.3) is 0 Å². The van der Waals surface area contributed by atoms with Gasteiger partial charge in [0.15, 0.2) is 0 Å². The zero-order valence-corrected chi connectivity index (χ0v) is 8.48. The fourth-order valence-corrected chi connectivity index (χ4v) is 2.23. The van der Waals surface area contributed by atoms with E-state index >= 15 is 0 Å². The van der Waals surface area contributed by atoms with Crippen molar-refractivity contribution in [3.63, 3.8) is 0 Å². The lowest BCUT2D eigenvalue weighted by Gasteiger charge is -2.11. The lowest BCUT2D eigenvalue weighted by molar-refractivity contribution is 0.591. The summed E-state index contributed by atoms with van der Waals surface area (Å²) in [5.41, 5.74) is 0.755. The molecule has 2 aromatic rings. The smallest absolute Gasteiger partial charge is 0.271 e. The minimum absolute atomic E-state index is 0.0122. The summed E-state index contributed by atoms with van der Waals surface area (Å²) in [6, 6.07) is 6.25.